The van der Waals surface area contributed by atoms with Gasteiger partial charge in [0.25, 0.3) is 0 Å². The number of hydrogen-bond acceptors (Lipinski definition) is 2. The number of ether oxygens (including phenoxy) is 1. The largest absolute Gasteiger partial charge is 0.369 e. The van der Waals surface area contributed by atoms with E-state index < -0.39 is 0 Å². The van der Waals surface area contributed by atoms with Crippen molar-refractivity contribution in [2.45, 2.75) is 13.5 Å². The van der Waals surface area contributed by atoms with Crippen molar-refractivity contribution in [3.05, 3.63) is 60.2 Å². The van der Waals surface area contributed by atoms with Gasteiger partial charge in [-0.1, -0.05) is 48.5 Å². The van der Waals surface area contributed by atoms with Gasteiger partial charge in [0, 0.05) is 0 Å². The van der Waals surface area contributed by atoms with Gasteiger partial charge < -0.3 is 4.74 Å². The molecule has 0 spiro atoms. The van der Waals surface area contributed by atoms with Crippen molar-refractivity contribution in [2.24, 2.45) is 0 Å². The first-order valence-corrected chi connectivity index (χ1v) is 6.72. The fourth-order valence-electron chi connectivity index (χ4n) is 2.56. The van der Waals surface area contributed by atoms with Crippen LogP contribution in [0.4, 0.5) is 0 Å². The van der Waals surface area contributed by atoms with Crippen LogP contribution < -0.4 is 0 Å². The van der Waals surface area contributed by atoms with Crippen LogP contribution in [0.25, 0.3) is 21.5 Å². The smallest absolute Gasteiger partial charge is 0.155 e. The molecule has 0 unspecified atom stereocenters. The third kappa shape index (κ3) is 2.43. The quantitative estimate of drug-likeness (QED) is 0.663. The molecule has 0 bridgehead atoms. The average Bonchev–Trinajstić information content (AvgIpc) is 2.46. The molecule has 3 aromatic rings. The zero-order chi connectivity index (χ0) is 13.9. The summed E-state index contributed by atoms with van der Waals surface area (Å²) >= 11 is 0. The molecule has 0 atom stereocenters. The lowest BCUT2D eigenvalue weighted by molar-refractivity contribution is -0.121. The van der Waals surface area contributed by atoms with Crippen molar-refractivity contribution >= 4 is 27.3 Å². The van der Waals surface area contributed by atoms with Crippen LogP contribution in [0.5, 0.6) is 0 Å². The lowest BCUT2D eigenvalue weighted by atomic mass is 9.97. The Morgan fingerprint density at radius 3 is 2.05 bits per heavy atom. The molecule has 0 radical (unpaired) electrons. The van der Waals surface area contributed by atoms with Crippen LogP contribution in [0.2, 0.25) is 0 Å². The second-order valence-corrected chi connectivity index (χ2v) is 4.99. The molecule has 0 fully saturated rings. The van der Waals surface area contributed by atoms with E-state index in [2.05, 4.69) is 30.3 Å². The van der Waals surface area contributed by atoms with Crippen molar-refractivity contribution in [1.29, 1.82) is 0 Å². The van der Waals surface area contributed by atoms with Gasteiger partial charge in [0.1, 0.15) is 6.61 Å². The fraction of sp³-hybridized carbons (Fsp3) is 0.167. The molecule has 3 rings (SSSR count). The number of hydrogen-bond donors (Lipinski definition) is 0. The number of fused-ring (bicyclic) bond motifs is 2. The summed E-state index contributed by atoms with van der Waals surface area (Å²) in [5, 5.41) is 4.78. The predicted octanol–water partition coefficient (Wildman–Crippen LogP) is 4.10. The molecule has 100 valence electrons. The standard InChI is InChI=1S/C18H16O2/c1-13(19)11-20-12-18-16-8-4-2-6-14(16)10-15-7-3-5-9-17(15)18/h2-10H,11-12H2,1H3. The molecule has 0 saturated carbocycles. The van der Waals surface area contributed by atoms with Crippen molar-refractivity contribution in [3.63, 3.8) is 0 Å². The third-order valence-corrected chi connectivity index (χ3v) is 3.43. The molecular weight excluding hydrogens is 248 g/mol. The molecule has 0 aliphatic heterocycles. The minimum Gasteiger partial charge on any atom is -0.369 e. The van der Waals surface area contributed by atoms with Crippen LogP contribution in [0, 0.1) is 0 Å². The van der Waals surface area contributed by atoms with E-state index >= 15 is 0 Å². The lowest BCUT2D eigenvalue weighted by Gasteiger charge is -2.11. The van der Waals surface area contributed by atoms with Crippen LogP contribution in [0.15, 0.2) is 54.6 Å². The molecule has 0 saturated heterocycles. The second-order valence-electron chi connectivity index (χ2n) is 4.99. The Morgan fingerprint density at radius 1 is 0.950 bits per heavy atom. The highest BCUT2D eigenvalue weighted by Crippen LogP contribution is 2.28. The van der Waals surface area contributed by atoms with Gasteiger partial charge in [-0.05, 0) is 40.1 Å². The monoisotopic (exact) mass is 264 g/mol. The molecule has 3 aromatic carbocycles. The molecule has 20 heavy (non-hydrogen) atoms. The fourth-order valence-corrected chi connectivity index (χ4v) is 2.56. The van der Waals surface area contributed by atoms with Crippen molar-refractivity contribution in [1.82, 2.24) is 0 Å². The molecule has 0 aliphatic rings. The molecule has 0 amide bonds. The summed E-state index contributed by atoms with van der Waals surface area (Å²) in [6.45, 7) is 2.17. The maximum atomic E-state index is 11.0. The number of carbonyl (C=O) groups is 1. The summed E-state index contributed by atoms with van der Waals surface area (Å²) in [5.74, 6) is 0.0505. The van der Waals surface area contributed by atoms with E-state index in [9.17, 15) is 4.79 Å². The van der Waals surface area contributed by atoms with Gasteiger partial charge in [0.2, 0.25) is 0 Å². The minimum absolute atomic E-state index is 0.0505. The first kappa shape index (κ1) is 12.8. The van der Waals surface area contributed by atoms with Gasteiger partial charge in [-0.3, -0.25) is 4.79 Å². The number of carbonyl (C=O) groups excluding carboxylic acids is 1. The summed E-state index contributed by atoms with van der Waals surface area (Å²) in [4.78, 5) is 11.0. The van der Waals surface area contributed by atoms with Crippen molar-refractivity contribution in [3.8, 4) is 0 Å². The van der Waals surface area contributed by atoms with E-state index in [1.54, 1.807) is 6.92 Å². The van der Waals surface area contributed by atoms with Crippen LogP contribution in [-0.4, -0.2) is 12.4 Å². The van der Waals surface area contributed by atoms with Gasteiger partial charge >= 0.3 is 0 Å². The van der Waals surface area contributed by atoms with Crippen LogP contribution in [-0.2, 0) is 16.1 Å². The Kier molecular flexibility index (Phi) is 3.48. The zero-order valence-corrected chi connectivity index (χ0v) is 11.4. The third-order valence-electron chi connectivity index (χ3n) is 3.43. The molecule has 0 N–H and O–H groups in total. The molecule has 2 nitrogen and oxygen atoms in total. The topological polar surface area (TPSA) is 26.3 Å². The first-order valence-electron chi connectivity index (χ1n) is 6.72. The normalized spacial score (nSPS) is 11.1. The SMILES string of the molecule is CC(=O)COCc1c2ccccc2cc2ccccc12. The highest BCUT2D eigenvalue weighted by atomic mass is 16.5. The molecule has 0 aliphatic carbocycles. The van der Waals surface area contributed by atoms with Gasteiger partial charge in [-0.15, -0.1) is 0 Å². The summed E-state index contributed by atoms with van der Waals surface area (Å²) in [6.07, 6.45) is 0. The van der Waals surface area contributed by atoms with Crippen LogP contribution in [0.3, 0.4) is 0 Å². The van der Waals surface area contributed by atoms with E-state index in [1.165, 1.54) is 21.5 Å². The average molecular weight is 264 g/mol. The summed E-state index contributed by atoms with van der Waals surface area (Å²) < 4.78 is 5.55. The highest BCUT2D eigenvalue weighted by molar-refractivity contribution is 6.02. The number of Topliss-reactive ketones (excluding diaryl/α,β-unsaturated/α-hetero) is 1. The van der Waals surface area contributed by atoms with E-state index in [1.807, 2.05) is 24.3 Å². The Hall–Kier alpha value is -2.19. The maximum absolute atomic E-state index is 11.0. The van der Waals surface area contributed by atoms with E-state index in [0.29, 0.717) is 6.61 Å². The number of ketones is 1. The Bertz CT molecular complexity index is 721. The Morgan fingerprint density at radius 2 is 1.50 bits per heavy atom. The van der Waals surface area contributed by atoms with E-state index in [4.69, 9.17) is 4.74 Å². The highest BCUT2D eigenvalue weighted by Gasteiger charge is 2.07. The molecular formula is C18H16O2. The van der Waals surface area contributed by atoms with Crippen molar-refractivity contribution < 1.29 is 9.53 Å². The Labute approximate surface area is 118 Å². The second kappa shape index (κ2) is 5.43. The van der Waals surface area contributed by atoms with E-state index in [-0.39, 0.29) is 12.4 Å². The van der Waals surface area contributed by atoms with Gasteiger partial charge in [-0.2, -0.15) is 0 Å². The van der Waals surface area contributed by atoms with Gasteiger partial charge in [0.05, 0.1) is 6.61 Å². The molecule has 0 aromatic heterocycles. The van der Waals surface area contributed by atoms with Gasteiger partial charge in [0.15, 0.2) is 5.78 Å². The van der Waals surface area contributed by atoms with E-state index in [0.717, 1.165) is 5.56 Å². The molecule has 0 heterocycles. The maximum Gasteiger partial charge on any atom is 0.155 e. The van der Waals surface area contributed by atoms with Gasteiger partial charge in [-0.25, -0.2) is 0 Å². The number of rotatable bonds is 4. The zero-order valence-electron chi connectivity index (χ0n) is 11.4. The predicted molar refractivity (Wildman–Crippen MR) is 81.8 cm³/mol. The molecule has 2 heteroatoms. The Balaban J connectivity index is 2.15. The number of benzene rings is 3. The first-order chi connectivity index (χ1) is 9.75. The summed E-state index contributed by atoms with van der Waals surface area (Å²) in [7, 11) is 0. The summed E-state index contributed by atoms with van der Waals surface area (Å²) in [6, 6.07) is 18.8. The minimum atomic E-state index is 0.0505. The van der Waals surface area contributed by atoms with Crippen LogP contribution in [0.1, 0.15) is 12.5 Å². The lowest BCUT2D eigenvalue weighted by Crippen LogP contribution is -2.04. The van der Waals surface area contributed by atoms with Crippen molar-refractivity contribution in [2.75, 3.05) is 6.61 Å². The summed E-state index contributed by atoms with van der Waals surface area (Å²) in [5.41, 5.74) is 1.15. The van der Waals surface area contributed by atoms with Crippen LogP contribution >= 0.6 is 0 Å².